The Hall–Kier alpha value is -4.01. The second-order valence-corrected chi connectivity index (χ2v) is 8.87. The summed E-state index contributed by atoms with van der Waals surface area (Å²) < 4.78 is 19.4. The molecule has 9 heteroatoms. The van der Waals surface area contributed by atoms with Gasteiger partial charge in [0, 0.05) is 37.9 Å². The van der Waals surface area contributed by atoms with Crippen LogP contribution in [0.3, 0.4) is 0 Å². The highest BCUT2D eigenvalue weighted by atomic mass is 19.1. The van der Waals surface area contributed by atoms with E-state index in [1.54, 1.807) is 23.2 Å². The van der Waals surface area contributed by atoms with Crippen molar-refractivity contribution in [1.82, 2.24) is 15.1 Å². The van der Waals surface area contributed by atoms with Gasteiger partial charge in [-0.3, -0.25) is 9.59 Å². The van der Waals surface area contributed by atoms with Crippen LogP contribution in [0.2, 0.25) is 0 Å². The SMILES string of the molecule is O=C(Nc1ccc(O[C@@H]2CCN(C(=O)Cc3cccc(F)c3)C2)cc1)C1CN(c2cccnn2)C1. The molecule has 3 aromatic rings. The molecule has 8 nitrogen and oxygen atoms in total. The minimum atomic E-state index is -0.339. The Morgan fingerprint density at radius 3 is 2.63 bits per heavy atom. The van der Waals surface area contributed by atoms with E-state index in [2.05, 4.69) is 15.5 Å². The Labute approximate surface area is 202 Å². The van der Waals surface area contributed by atoms with Crippen molar-refractivity contribution in [2.24, 2.45) is 5.92 Å². The van der Waals surface area contributed by atoms with E-state index in [0.29, 0.717) is 43.2 Å². The highest BCUT2D eigenvalue weighted by Gasteiger charge is 2.33. The van der Waals surface area contributed by atoms with Crippen molar-refractivity contribution in [3.63, 3.8) is 0 Å². The quantitative estimate of drug-likeness (QED) is 0.566. The monoisotopic (exact) mass is 475 g/mol. The molecular formula is C26H26FN5O3. The Balaban J connectivity index is 1.07. The zero-order valence-electron chi connectivity index (χ0n) is 19.1. The van der Waals surface area contributed by atoms with Gasteiger partial charge in [0.1, 0.15) is 17.7 Å². The van der Waals surface area contributed by atoms with Crippen molar-refractivity contribution in [2.45, 2.75) is 18.9 Å². The molecule has 2 fully saturated rings. The molecule has 0 radical (unpaired) electrons. The molecule has 1 atom stereocenters. The summed E-state index contributed by atoms with van der Waals surface area (Å²) in [5, 5.41) is 10.9. The summed E-state index contributed by atoms with van der Waals surface area (Å²) >= 11 is 0. The number of nitrogens with one attached hydrogen (secondary N) is 1. The molecule has 2 aliphatic rings. The van der Waals surface area contributed by atoms with Crippen molar-refractivity contribution in [3.05, 3.63) is 78.2 Å². The number of nitrogens with zero attached hydrogens (tertiary/aromatic N) is 4. The molecule has 2 aromatic carbocycles. The summed E-state index contributed by atoms with van der Waals surface area (Å²) in [6.07, 6.45) is 2.43. The number of anilines is 2. The number of carbonyl (C=O) groups is 2. The lowest BCUT2D eigenvalue weighted by molar-refractivity contribution is -0.129. The second-order valence-electron chi connectivity index (χ2n) is 8.87. The molecule has 1 N–H and O–H groups in total. The number of ether oxygens (including phenoxy) is 1. The number of aromatic nitrogens is 2. The average Bonchev–Trinajstić information content (AvgIpc) is 3.29. The molecule has 2 amide bonds. The van der Waals surface area contributed by atoms with Crippen LogP contribution in [-0.4, -0.2) is 59.2 Å². The predicted octanol–water partition coefficient (Wildman–Crippen LogP) is 2.91. The predicted molar refractivity (Wildman–Crippen MR) is 129 cm³/mol. The number of benzene rings is 2. The number of amides is 2. The number of hydrogen-bond donors (Lipinski definition) is 1. The first-order chi connectivity index (χ1) is 17.0. The third-order valence-electron chi connectivity index (χ3n) is 6.30. The average molecular weight is 476 g/mol. The number of rotatable bonds is 7. The van der Waals surface area contributed by atoms with Crippen molar-refractivity contribution in [1.29, 1.82) is 0 Å². The van der Waals surface area contributed by atoms with Crippen molar-refractivity contribution < 1.29 is 18.7 Å². The molecule has 3 heterocycles. The minimum Gasteiger partial charge on any atom is -0.489 e. The zero-order chi connectivity index (χ0) is 24.2. The summed E-state index contributed by atoms with van der Waals surface area (Å²) in [4.78, 5) is 28.8. The second kappa shape index (κ2) is 10.1. The molecule has 0 unspecified atom stereocenters. The first-order valence-corrected chi connectivity index (χ1v) is 11.7. The fourth-order valence-electron chi connectivity index (χ4n) is 4.33. The molecule has 0 bridgehead atoms. The summed E-state index contributed by atoms with van der Waals surface area (Å²) in [6, 6.07) is 17.1. The molecule has 2 saturated heterocycles. The van der Waals surface area contributed by atoms with E-state index in [-0.39, 0.29) is 36.1 Å². The van der Waals surface area contributed by atoms with Crippen LogP contribution >= 0.6 is 0 Å². The molecule has 0 spiro atoms. The molecule has 1 aromatic heterocycles. The van der Waals surface area contributed by atoms with Crippen molar-refractivity contribution in [3.8, 4) is 5.75 Å². The number of carbonyl (C=O) groups excluding carboxylic acids is 2. The Kier molecular flexibility index (Phi) is 6.56. The molecule has 2 aliphatic heterocycles. The van der Waals surface area contributed by atoms with Gasteiger partial charge in [-0.05, 0) is 54.1 Å². The fourth-order valence-corrected chi connectivity index (χ4v) is 4.33. The van der Waals surface area contributed by atoms with Crippen LogP contribution in [0, 0.1) is 11.7 Å². The van der Waals surface area contributed by atoms with E-state index in [1.165, 1.54) is 12.1 Å². The summed E-state index contributed by atoms with van der Waals surface area (Å²) in [6.45, 7) is 2.33. The Morgan fingerprint density at radius 2 is 1.89 bits per heavy atom. The van der Waals surface area contributed by atoms with Crippen LogP contribution in [0.15, 0.2) is 66.9 Å². The lowest BCUT2D eigenvalue weighted by Crippen LogP contribution is -2.52. The fraction of sp³-hybridized carbons (Fsp3) is 0.308. The van der Waals surface area contributed by atoms with Crippen LogP contribution in [0.1, 0.15) is 12.0 Å². The largest absolute Gasteiger partial charge is 0.489 e. The van der Waals surface area contributed by atoms with Crippen LogP contribution in [0.4, 0.5) is 15.9 Å². The zero-order valence-corrected chi connectivity index (χ0v) is 19.1. The topological polar surface area (TPSA) is 87.7 Å². The van der Waals surface area contributed by atoms with Gasteiger partial charge in [0.15, 0.2) is 5.82 Å². The van der Waals surface area contributed by atoms with Gasteiger partial charge in [0.25, 0.3) is 0 Å². The van der Waals surface area contributed by atoms with Crippen molar-refractivity contribution in [2.75, 3.05) is 36.4 Å². The van der Waals surface area contributed by atoms with E-state index in [4.69, 9.17) is 4.74 Å². The Morgan fingerprint density at radius 1 is 1.06 bits per heavy atom. The first-order valence-electron chi connectivity index (χ1n) is 11.7. The smallest absolute Gasteiger partial charge is 0.231 e. The normalized spacial score (nSPS) is 17.7. The first kappa shape index (κ1) is 22.8. The van der Waals surface area contributed by atoms with Gasteiger partial charge in [-0.25, -0.2) is 4.39 Å². The molecule has 0 saturated carbocycles. The van der Waals surface area contributed by atoms with Gasteiger partial charge in [-0.2, -0.15) is 5.10 Å². The van der Waals surface area contributed by atoms with Gasteiger partial charge in [0.2, 0.25) is 11.8 Å². The summed E-state index contributed by atoms with van der Waals surface area (Å²) in [7, 11) is 0. The number of hydrogen-bond acceptors (Lipinski definition) is 6. The lowest BCUT2D eigenvalue weighted by Gasteiger charge is -2.38. The van der Waals surface area contributed by atoms with E-state index in [9.17, 15) is 14.0 Å². The van der Waals surface area contributed by atoms with Crippen LogP contribution in [0.25, 0.3) is 0 Å². The maximum atomic E-state index is 13.4. The number of halogens is 1. The number of likely N-dealkylation sites (tertiary alicyclic amines) is 1. The van der Waals surface area contributed by atoms with E-state index < -0.39 is 0 Å². The van der Waals surface area contributed by atoms with Crippen molar-refractivity contribution >= 4 is 23.3 Å². The van der Waals surface area contributed by atoms with E-state index in [1.807, 2.05) is 41.3 Å². The molecule has 0 aliphatic carbocycles. The Bertz CT molecular complexity index is 1190. The lowest BCUT2D eigenvalue weighted by atomic mass is 9.99. The third-order valence-corrected chi connectivity index (χ3v) is 6.30. The van der Waals surface area contributed by atoms with Crippen LogP contribution in [-0.2, 0) is 16.0 Å². The maximum absolute atomic E-state index is 13.4. The molecule has 35 heavy (non-hydrogen) atoms. The molecule has 5 rings (SSSR count). The van der Waals surface area contributed by atoms with Gasteiger partial charge in [0.05, 0.1) is 18.9 Å². The highest BCUT2D eigenvalue weighted by Crippen LogP contribution is 2.25. The molecular weight excluding hydrogens is 449 g/mol. The summed E-state index contributed by atoms with van der Waals surface area (Å²) in [5.74, 6) is 0.969. The van der Waals surface area contributed by atoms with Gasteiger partial charge >= 0.3 is 0 Å². The van der Waals surface area contributed by atoms with Gasteiger partial charge in [-0.15, -0.1) is 5.10 Å². The molecule has 180 valence electrons. The van der Waals surface area contributed by atoms with E-state index >= 15 is 0 Å². The van der Waals surface area contributed by atoms with Crippen LogP contribution in [0.5, 0.6) is 5.75 Å². The van der Waals surface area contributed by atoms with Gasteiger partial charge in [-0.1, -0.05) is 12.1 Å². The van der Waals surface area contributed by atoms with Gasteiger partial charge < -0.3 is 19.9 Å². The summed E-state index contributed by atoms with van der Waals surface area (Å²) in [5.41, 5.74) is 1.37. The van der Waals surface area contributed by atoms with E-state index in [0.717, 1.165) is 12.2 Å². The van der Waals surface area contributed by atoms with Crippen LogP contribution < -0.4 is 15.0 Å². The maximum Gasteiger partial charge on any atom is 0.231 e. The highest BCUT2D eigenvalue weighted by molar-refractivity contribution is 5.94. The minimum absolute atomic E-state index is 0.0259. The third kappa shape index (κ3) is 5.56. The standard InChI is InChI=1S/C26H26FN5O3/c27-20-4-1-3-18(13-20)14-25(33)31-12-10-23(17-31)35-22-8-6-21(7-9-22)29-26(34)19-15-32(16-19)24-5-2-11-28-30-24/h1-9,11,13,19,23H,10,12,14-17H2,(H,29,34)/t23-/m1/s1.